The van der Waals surface area contributed by atoms with Gasteiger partial charge in [-0.15, -0.1) is 0 Å². The van der Waals surface area contributed by atoms with Crippen LogP contribution in [0, 0.1) is 18.3 Å². The molecule has 0 aliphatic heterocycles. The van der Waals surface area contributed by atoms with Crippen molar-refractivity contribution in [3.8, 4) is 17.6 Å². The minimum Gasteiger partial charge on any atom is -0.490 e. The first-order chi connectivity index (χ1) is 9.74. The molecule has 3 heteroatoms. The highest BCUT2D eigenvalue weighted by molar-refractivity contribution is 5.41. The predicted octanol–water partition coefficient (Wildman–Crippen LogP) is 3.84. The maximum absolute atomic E-state index is 8.86. The molecule has 102 valence electrons. The Balaban J connectivity index is 2.11. The van der Waals surface area contributed by atoms with Crippen LogP contribution in [0.3, 0.4) is 0 Å². The summed E-state index contributed by atoms with van der Waals surface area (Å²) in [5.74, 6) is 1.49. The second-order valence-electron chi connectivity index (χ2n) is 4.42. The predicted molar refractivity (Wildman–Crippen MR) is 77.8 cm³/mol. The van der Waals surface area contributed by atoms with E-state index in [1.54, 1.807) is 6.07 Å². The first kappa shape index (κ1) is 14.0. The van der Waals surface area contributed by atoms with Gasteiger partial charge >= 0.3 is 0 Å². The van der Waals surface area contributed by atoms with Crippen LogP contribution in [-0.2, 0) is 6.61 Å². The van der Waals surface area contributed by atoms with Crippen molar-refractivity contribution in [2.45, 2.75) is 20.5 Å². The van der Waals surface area contributed by atoms with Crippen molar-refractivity contribution >= 4 is 0 Å². The van der Waals surface area contributed by atoms with Crippen molar-refractivity contribution in [1.29, 1.82) is 5.26 Å². The van der Waals surface area contributed by atoms with Crippen LogP contribution in [0.1, 0.15) is 23.6 Å². The largest absolute Gasteiger partial charge is 0.490 e. The van der Waals surface area contributed by atoms with E-state index in [1.165, 1.54) is 0 Å². The highest BCUT2D eigenvalue weighted by atomic mass is 16.5. The van der Waals surface area contributed by atoms with E-state index < -0.39 is 0 Å². The van der Waals surface area contributed by atoms with E-state index in [9.17, 15) is 0 Å². The molecule has 0 fully saturated rings. The fraction of sp³-hybridized carbons (Fsp3) is 0.235. The van der Waals surface area contributed by atoms with Crippen molar-refractivity contribution in [2.75, 3.05) is 6.61 Å². The number of benzene rings is 2. The lowest BCUT2D eigenvalue weighted by molar-refractivity contribution is 0.269. The molecule has 0 heterocycles. The molecule has 2 rings (SSSR count). The smallest absolute Gasteiger partial charge is 0.161 e. The maximum Gasteiger partial charge on any atom is 0.161 e. The summed E-state index contributed by atoms with van der Waals surface area (Å²) >= 11 is 0. The zero-order chi connectivity index (χ0) is 14.4. The third-order valence-corrected chi connectivity index (χ3v) is 3.00. The molecule has 0 radical (unpaired) electrons. The Morgan fingerprint density at radius 2 is 1.75 bits per heavy atom. The van der Waals surface area contributed by atoms with Gasteiger partial charge in [0.15, 0.2) is 11.5 Å². The molecule has 0 atom stereocenters. The Kier molecular flexibility index (Phi) is 4.62. The minimum atomic E-state index is 0.460. The number of nitriles is 1. The molecule has 0 aliphatic carbocycles. The zero-order valence-corrected chi connectivity index (χ0v) is 11.7. The highest BCUT2D eigenvalue weighted by Gasteiger charge is 2.05. The molecule has 0 aliphatic rings. The molecule has 0 aromatic heterocycles. The summed E-state index contributed by atoms with van der Waals surface area (Å²) in [4.78, 5) is 0. The van der Waals surface area contributed by atoms with Gasteiger partial charge in [-0.1, -0.05) is 18.2 Å². The lowest BCUT2D eigenvalue weighted by atomic mass is 10.1. The summed E-state index contributed by atoms with van der Waals surface area (Å²) in [5, 5.41) is 8.86. The molecule has 3 nitrogen and oxygen atoms in total. The number of nitrogens with zero attached hydrogens (tertiary/aromatic N) is 1. The number of rotatable bonds is 5. The third-order valence-electron chi connectivity index (χ3n) is 3.00. The minimum absolute atomic E-state index is 0.460. The van der Waals surface area contributed by atoms with E-state index in [0.29, 0.717) is 18.8 Å². The van der Waals surface area contributed by atoms with Crippen molar-refractivity contribution in [3.63, 3.8) is 0 Å². The van der Waals surface area contributed by atoms with Crippen LogP contribution in [0.2, 0.25) is 0 Å². The lowest BCUT2D eigenvalue weighted by Gasteiger charge is -2.12. The van der Waals surface area contributed by atoms with Gasteiger partial charge < -0.3 is 9.47 Å². The zero-order valence-electron chi connectivity index (χ0n) is 11.7. The summed E-state index contributed by atoms with van der Waals surface area (Å²) in [6.45, 7) is 4.99. The molecule has 0 saturated heterocycles. The molecule has 0 amide bonds. The van der Waals surface area contributed by atoms with E-state index >= 15 is 0 Å². The second-order valence-corrected chi connectivity index (χ2v) is 4.42. The van der Waals surface area contributed by atoms with Gasteiger partial charge in [0.05, 0.1) is 18.2 Å². The van der Waals surface area contributed by atoms with Crippen LogP contribution < -0.4 is 9.47 Å². The van der Waals surface area contributed by atoms with Crippen LogP contribution in [0.25, 0.3) is 0 Å². The summed E-state index contributed by atoms with van der Waals surface area (Å²) in [7, 11) is 0. The van der Waals surface area contributed by atoms with E-state index in [2.05, 4.69) is 6.07 Å². The average molecular weight is 267 g/mol. The first-order valence-electron chi connectivity index (χ1n) is 6.59. The van der Waals surface area contributed by atoms with Gasteiger partial charge in [0.25, 0.3) is 0 Å². The fourth-order valence-corrected chi connectivity index (χ4v) is 1.93. The number of ether oxygens (including phenoxy) is 2. The highest BCUT2D eigenvalue weighted by Crippen LogP contribution is 2.27. The standard InChI is InChI=1S/C17H17NO2/c1-3-19-16-6-4-5-7-17(16)20-12-15-9-8-14(11-18)10-13(15)2/h4-10H,3,12H2,1-2H3. The monoisotopic (exact) mass is 267 g/mol. The average Bonchev–Trinajstić information content (AvgIpc) is 2.47. The molecule has 20 heavy (non-hydrogen) atoms. The summed E-state index contributed by atoms with van der Waals surface area (Å²) < 4.78 is 11.3. The second kappa shape index (κ2) is 6.63. The van der Waals surface area contributed by atoms with E-state index in [4.69, 9.17) is 14.7 Å². The van der Waals surface area contributed by atoms with E-state index in [1.807, 2.05) is 50.2 Å². The van der Waals surface area contributed by atoms with Crippen molar-refractivity contribution < 1.29 is 9.47 Å². The van der Waals surface area contributed by atoms with Gasteiger partial charge in [-0.25, -0.2) is 0 Å². The Morgan fingerprint density at radius 1 is 1.05 bits per heavy atom. The van der Waals surface area contributed by atoms with Crippen molar-refractivity contribution in [1.82, 2.24) is 0 Å². The first-order valence-corrected chi connectivity index (χ1v) is 6.59. The normalized spacial score (nSPS) is 9.85. The molecule has 0 unspecified atom stereocenters. The van der Waals surface area contributed by atoms with Crippen molar-refractivity contribution in [2.24, 2.45) is 0 Å². The molecule has 0 spiro atoms. The third kappa shape index (κ3) is 3.30. The maximum atomic E-state index is 8.86. The summed E-state index contributed by atoms with van der Waals surface area (Å²) in [5.41, 5.74) is 2.79. The molecule has 0 saturated carbocycles. The van der Waals surface area contributed by atoms with Crippen LogP contribution in [-0.4, -0.2) is 6.61 Å². The number of para-hydroxylation sites is 2. The molecule has 0 N–H and O–H groups in total. The fourth-order valence-electron chi connectivity index (χ4n) is 1.93. The number of hydrogen-bond donors (Lipinski definition) is 0. The Hall–Kier alpha value is -2.47. The topological polar surface area (TPSA) is 42.2 Å². The van der Waals surface area contributed by atoms with Crippen LogP contribution in [0.15, 0.2) is 42.5 Å². The Bertz CT molecular complexity index is 629. The molecule has 0 bridgehead atoms. The van der Waals surface area contributed by atoms with E-state index in [-0.39, 0.29) is 0 Å². The SMILES string of the molecule is CCOc1ccccc1OCc1ccc(C#N)cc1C. The molecular weight excluding hydrogens is 250 g/mol. The Morgan fingerprint density at radius 3 is 2.35 bits per heavy atom. The van der Waals surface area contributed by atoms with E-state index in [0.717, 1.165) is 22.6 Å². The van der Waals surface area contributed by atoms with Gasteiger partial charge in [0.1, 0.15) is 6.61 Å². The molecular formula is C17H17NO2. The van der Waals surface area contributed by atoms with Gasteiger partial charge in [-0.2, -0.15) is 5.26 Å². The Labute approximate surface area is 119 Å². The van der Waals surface area contributed by atoms with Crippen molar-refractivity contribution in [3.05, 3.63) is 59.2 Å². The number of aryl methyl sites for hydroxylation is 1. The molecule has 2 aromatic rings. The van der Waals surface area contributed by atoms with Gasteiger partial charge in [0, 0.05) is 0 Å². The van der Waals surface area contributed by atoms with Gasteiger partial charge in [0.2, 0.25) is 0 Å². The summed E-state index contributed by atoms with van der Waals surface area (Å²) in [6, 6.07) is 15.4. The van der Waals surface area contributed by atoms with Crippen LogP contribution >= 0.6 is 0 Å². The summed E-state index contributed by atoms with van der Waals surface area (Å²) in [6.07, 6.45) is 0. The van der Waals surface area contributed by atoms with Crippen LogP contribution in [0.5, 0.6) is 11.5 Å². The van der Waals surface area contributed by atoms with Crippen LogP contribution in [0.4, 0.5) is 0 Å². The quantitative estimate of drug-likeness (QED) is 0.826. The number of hydrogen-bond acceptors (Lipinski definition) is 3. The van der Waals surface area contributed by atoms with Gasteiger partial charge in [-0.3, -0.25) is 0 Å². The lowest BCUT2D eigenvalue weighted by Crippen LogP contribution is -2.01. The van der Waals surface area contributed by atoms with Gasteiger partial charge in [-0.05, 0) is 49.2 Å². The molecule has 2 aromatic carbocycles.